The van der Waals surface area contributed by atoms with Gasteiger partial charge in [0, 0.05) is 18.5 Å². The zero-order valence-electron chi connectivity index (χ0n) is 17.6. The van der Waals surface area contributed by atoms with Crippen LogP contribution in [0, 0.1) is 5.92 Å². The number of halogens is 1. The number of ether oxygens (including phenoxy) is 1. The Kier molecular flexibility index (Phi) is 6.11. The lowest BCUT2D eigenvalue weighted by atomic mass is 10.1. The van der Waals surface area contributed by atoms with Crippen LogP contribution >= 0.6 is 11.6 Å². The van der Waals surface area contributed by atoms with Gasteiger partial charge >= 0.3 is 5.97 Å². The van der Waals surface area contributed by atoms with Gasteiger partial charge in [-0.25, -0.2) is 18.1 Å². The van der Waals surface area contributed by atoms with E-state index in [2.05, 4.69) is 10.1 Å². The molecular weight excluding hydrogens is 456 g/mol. The zero-order valence-corrected chi connectivity index (χ0v) is 19.2. The molecule has 11 heteroatoms. The van der Waals surface area contributed by atoms with E-state index in [1.165, 1.54) is 16.4 Å². The summed E-state index contributed by atoms with van der Waals surface area (Å²) in [5.41, 5.74) is 0.822. The third kappa shape index (κ3) is 4.17. The normalized spacial score (nSPS) is 19.5. The quantitative estimate of drug-likeness (QED) is 0.519. The van der Waals surface area contributed by atoms with Gasteiger partial charge in [-0.1, -0.05) is 18.5 Å². The van der Waals surface area contributed by atoms with Crippen LogP contribution in [0.5, 0.6) is 5.75 Å². The largest absolute Gasteiger partial charge is 0.494 e. The molecule has 0 unspecified atom stereocenters. The highest BCUT2D eigenvalue weighted by Crippen LogP contribution is 2.34. The van der Waals surface area contributed by atoms with Crippen molar-refractivity contribution in [2.24, 2.45) is 5.92 Å². The molecule has 1 N–H and O–H groups in total. The number of pyridine rings is 1. The number of benzene rings is 1. The fourth-order valence-electron chi connectivity index (χ4n) is 4.01. The van der Waals surface area contributed by atoms with Crippen molar-refractivity contribution in [2.75, 3.05) is 19.7 Å². The van der Waals surface area contributed by atoms with Crippen molar-refractivity contribution in [2.45, 2.75) is 31.2 Å². The lowest BCUT2D eigenvalue weighted by molar-refractivity contribution is -0.136. The summed E-state index contributed by atoms with van der Waals surface area (Å²) in [5, 5.41) is 14.6. The molecule has 0 amide bonds. The van der Waals surface area contributed by atoms with Crippen LogP contribution in [0.25, 0.3) is 11.0 Å². The average Bonchev–Trinajstić information content (AvgIpc) is 3.29. The second kappa shape index (κ2) is 8.68. The first-order valence-corrected chi connectivity index (χ1v) is 12.0. The molecule has 1 saturated heterocycles. The molecule has 2 atom stereocenters. The molecule has 32 heavy (non-hydrogen) atoms. The summed E-state index contributed by atoms with van der Waals surface area (Å²) in [4.78, 5) is 15.8. The van der Waals surface area contributed by atoms with Crippen molar-refractivity contribution >= 4 is 38.6 Å². The van der Waals surface area contributed by atoms with Crippen LogP contribution in [0.2, 0.25) is 5.15 Å². The summed E-state index contributed by atoms with van der Waals surface area (Å²) in [5.74, 6) is -0.476. The monoisotopic (exact) mass is 478 g/mol. The molecular formula is C21H23ClN4O5S. The summed E-state index contributed by atoms with van der Waals surface area (Å²) in [7, 11) is -3.72. The van der Waals surface area contributed by atoms with Gasteiger partial charge in [0.2, 0.25) is 10.0 Å². The highest BCUT2D eigenvalue weighted by atomic mass is 35.5. The maximum Gasteiger partial charge on any atom is 0.309 e. The van der Waals surface area contributed by atoms with Gasteiger partial charge in [0.05, 0.1) is 29.7 Å². The Hall–Kier alpha value is -2.69. The van der Waals surface area contributed by atoms with E-state index < -0.39 is 16.0 Å². The summed E-state index contributed by atoms with van der Waals surface area (Å²) in [6.45, 7) is 4.79. The predicted octanol–water partition coefficient (Wildman–Crippen LogP) is 2.99. The van der Waals surface area contributed by atoms with Gasteiger partial charge in [0.1, 0.15) is 10.9 Å². The minimum Gasteiger partial charge on any atom is -0.494 e. The van der Waals surface area contributed by atoms with Crippen LogP contribution in [-0.4, -0.2) is 58.3 Å². The lowest BCUT2D eigenvalue weighted by Gasteiger charge is -2.17. The average molecular weight is 479 g/mol. The Morgan fingerprint density at radius 1 is 1.22 bits per heavy atom. The fraction of sp³-hybridized carbons (Fsp3) is 0.381. The standard InChI is InChI=1S/C21H23ClN4O5S/c1-3-31-14-4-6-15(7-5-14)32(29,30)25-11-13(2)18(12-25)26-21-16(8-9-19(22)23-21)17(24-26)10-20(27)28/h4-9,13,18H,3,10-12H2,1-2H3,(H,27,28)/t13-,18+/m1/s1. The van der Waals surface area contributed by atoms with Crippen LogP contribution in [0.3, 0.4) is 0 Å². The summed E-state index contributed by atoms with van der Waals surface area (Å²) in [6.07, 6.45) is -0.262. The SMILES string of the molecule is CCOc1ccc(S(=O)(=O)N2C[C@@H](C)[C@@H](n3nc(CC(=O)O)c4ccc(Cl)nc43)C2)cc1. The first-order valence-electron chi connectivity index (χ1n) is 10.2. The van der Waals surface area contributed by atoms with Crippen LogP contribution in [0.1, 0.15) is 25.6 Å². The zero-order chi connectivity index (χ0) is 23.0. The topological polar surface area (TPSA) is 115 Å². The number of carboxylic acid groups (broad SMARTS) is 1. The van der Waals surface area contributed by atoms with Gasteiger partial charge in [0.15, 0.2) is 5.65 Å². The molecule has 0 aliphatic carbocycles. The molecule has 9 nitrogen and oxygen atoms in total. The first-order chi connectivity index (χ1) is 15.2. The maximum atomic E-state index is 13.2. The van der Waals surface area contributed by atoms with Crippen LogP contribution < -0.4 is 4.74 Å². The van der Waals surface area contributed by atoms with Crippen LogP contribution in [0.4, 0.5) is 0 Å². The van der Waals surface area contributed by atoms with Crippen molar-refractivity contribution in [1.82, 2.24) is 19.1 Å². The second-order valence-electron chi connectivity index (χ2n) is 7.74. The van der Waals surface area contributed by atoms with E-state index in [0.717, 1.165) is 0 Å². The van der Waals surface area contributed by atoms with E-state index in [-0.39, 0.29) is 35.0 Å². The van der Waals surface area contributed by atoms with Gasteiger partial charge < -0.3 is 9.84 Å². The summed E-state index contributed by atoms with van der Waals surface area (Å²) >= 11 is 6.08. The molecule has 0 bridgehead atoms. The number of carbonyl (C=O) groups is 1. The summed E-state index contributed by atoms with van der Waals surface area (Å²) in [6, 6.07) is 9.31. The van der Waals surface area contributed by atoms with Gasteiger partial charge in [-0.2, -0.15) is 9.40 Å². The number of aliphatic carboxylic acids is 1. The Bertz CT molecular complexity index is 1260. The molecule has 1 aliphatic rings. The minimum absolute atomic E-state index is 0.0750. The Morgan fingerprint density at radius 2 is 1.94 bits per heavy atom. The number of fused-ring (bicyclic) bond motifs is 1. The van der Waals surface area contributed by atoms with Gasteiger partial charge in [-0.05, 0) is 49.2 Å². The maximum absolute atomic E-state index is 13.2. The highest BCUT2D eigenvalue weighted by Gasteiger charge is 2.39. The Balaban J connectivity index is 1.66. The van der Waals surface area contributed by atoms with E-state index in [1.807, 2.05) is 13.8 Å². The summed E-state index contributed by atoms with van der Waals surface area (Å²) < 4.78 is 34.9. The third-order valence-corrected chi connectivity index (χ3v) is 7.60. The molecule has 0 saturated carbocycles. The fourth-order valence-corrected chi connectivity index (χ4v) is 5.71. The number of hydrogen-bond donors (Lipinski definition) is 1. The molecule has 1 aromatic carbocycles. The third-order valence-electron chi connectivity index (χ3n) is 5.54. The second-order valence-corrected chi connectivity index (χ2v) is 10.1. The number of carboxylic acids is 1. The van der Waals surface area contributed by atoms with E-state index >= 15 is 0 Å². The molecule has 2 aromatic heterocycles. The smallest absolute Gasteiger partial charge is 0.309 e. The van der Waals surface area contributed by atoms with E-state index in [1.54, 1.807) is 28.9 Å². The Morgan fingerprint density at radius 3 is 2.59 bits per heavy atom. The number of rotatable bonds is 7. The van der Waals surface area contributed by atoms with Crippen molar-refractivity contribution in [3.8, 4) is 5.75 Å². The lowest BCUT2D eigenvalue weighted by Crippen LogP contribution is -2.29. The molecule has 0 radical (unpaired) electrons. The van der Waals surface area contributed by atoms with Crippen molar-refractivity contribution in [3.63, 3.8) is 0 Å². The molecule has 0 spiro atoms. The van der Waals surface area contributed by atoms with E-state index in [4.69, 9.17) is 16.3 Å². The van der Waals surface area contributed by atoms with E-state index in [0.29, 0.717) is 35.6 Å². The van der Waals surface area contributed by atoms with Crippen LogP contribution in [0.15, 0.2) is 41.3 Å². The number of nitrogens with zero attached hydrogens (tertiary/aromatic N) is 4. The predicted molar refractivity (Wildman–Crippen MR) is 118 cm³/mol. The first kappa shape index (κ1) is 22.5. The highest BCUT2D eigenvalue weighted by molar-refractivity contribution is 7.89. The molecule has 3 aromatic rings. The Labute approximate surface area is 190 Å². The molecule has 3 heterocycles. The molecule has 170 valence electrons. The molecule has 1 fully saturated rings. The van der Waals surface area contributed by atoms with E-state index in [9.17, 15) is 18.3 Å². The van der Waals surface area contributed by atoms with Gasteiger partial charge in [-0.15, -0.1) is 0 Å². The number of hydrogen-bond acceptors (Lipinski definition) is 6. The van der Waals surface area contributed by atoms with Gasteiger partial charge in [-0.3, -0.25) is 4.79 Å². The minimum atomic E-state index is -3.72. The van der Waals surface area contributed by atoms with Crippen LogP contribution in [-0.2, 0) is 21.2 Å². The molecule has 1 aliphatic heterocycles. The molecule has 4 rings (SSSR count). The van der Waals surface area contributed by atoms with Crippen molar-refractivity contribution in [1.29, 1.82) is 0 Å². The van der Waals surface area contributed by atoms with Crippen molar-refractivity contribution < 1.29 is 23.1 Å². The number of sulfonamides is 1. The van der Waals surface area contributed by atoms with Gasteiger partial charge in [0.25, 0.3) is 0 Å². The number of aromatic nitrogens is 3. The van der Waals surface area contributed by atoms with Crippen molar-refractivity contribution in [3.05, 3.63) is 47.2 Å².